The Morgan fingerprint density at radius 2 is 1.43 bits per heavy atom. The molecule has 0 fully saturated rings. The fourth-order valence-electron chi connectivity index (χ4n) is 0.692. The van der Waals surface area contributed by atoms with Crippen LogP contribution in [-0.4, -0.2) is 13.1 Å². The van der Waals surface area contributed by atoms with Gasteiger partial charge in [-0.1, -0.05) is 45.9 Å². The van der Waals surface area contributed by atoms with Gasteiger partial charge in [-0.3, -0.25) is 0 Å². The predicted octanol–water partition coefficient (Wildman–Crippen LogP) is 3.53. The molecule has 0 aliphatic heterocycles. The number of rotatable bonds is 1. The molecule has 0 aliphatic rings. The van der Waals surface area contributed by atoms with Gasteiger partial charge in [-0.25, -0.2) is 4.79 Å². The Morgan fingerprint density at radius 3 is 1.79 bits per heavy atom. The third-order valence-corrected chi connectivity index (χ3v) is 1.19. The van der Waals surface area contributed by atoms with E-state index in [2.05, 4.69) is 4.74 Å². The van der Waals surface area contributed by atoms with E-state index in [0.29, 0.717) is 5.56 Å². The van der Waals surface area contributed by atoms with Gasteiger partial charge in [-0.05, 0) is 12.1 Å². The summed E-state index contributed by atoms with van der Waals surface area (Å²) >= 11 is 0. The van der Waals surface area contributed by atoms with Crippen molar-refractivity contribution in [2.45, 2.75) is 27.7 Å². The first-order valence-corrected chi connectivity index (χ1v) is 4.98. The van der Waals surface area contributed by atoms with Gasteiger partial charge in [0.25, 0.3) is 0 Å². The van der Waals surface area contributed by atoms with Crippen LogP contribution >= 0.6 is 0 Å². The monoisotopic (exact) mass is 196 g/mol. The van der Waals surface area contributed by atoms with Crippen LogP contribution in [-0.2, 0) is 4.74 Å². The molecule has 2 nitrogen and oxygen atoms in total. The summed E-state index contributed by atoms with van der Waals surface area (Å²) in [7, 11) is 1.37. The van der Waals surface area contributed by atoms with Gasteiger partial charge in [0.15, 0.2) is 0 Å². The molecule has 0 unspecified atom stereocenters. The van der Waals surface area contributed by atoms with Gasteiger partial charge in [0.1, 0.15) is 0 Å². The van der Waals surface area contributed by atoms with E-state index >= 15 is 0 Å². The molecule has 0 N–H and O–H groups in total. The highest BCUT2D eigenvalue weighted by Crippen LogP contribution is 1.98. The first kappa shape index (κ1) is 15.2. The number of carbonyl (C=O) groups is 1. The summed E-state index contributed by atoms with van der Waals surface area (Å²) in [4.78, 5) is 10.8. The molecule has 0 saturated carbocycles. The topological polar surface area (TPSA) is 26.3 Å². The number of hydrogen-bond acceptors (Lipinski definition) is 2. The summed E-state index contributed by atoms with van der Waals surface area (Å²) in [5.41, 5.74) is 0.588. The van der Waals surface area contributed by atoms with E-state index in [-0.39, 0.29) is 5.97 Å². The third kappa shape index (κ3) is 6.23. The number of esters is 1. The molecule has 1 aromatic carbocycles. The molecule has 0 radical (unpaired) electrons. The van der Waals surface area contributed by atoms with Gasteiger partial charge >= 0.3 is 5.97 Å². The largest absolute Gasteiger partial charge is 0.465 e. The number of hydrogen-bond donors (Lipinski definition) is 0. The first-order chi connectivity index (χ1) is 6.84. The number of methoxy groups -OCH3 is 1. The zero-order valence-electron chi connectivity index (χ0n) is 9.70. The Kier molecular flexibility index (Phi) is 12.7. The fraction of sp³-hybridized carbons (Fsp3) is 0.417. The van der Waals surface area contributed by atoms with Crippen LogP contribution in [0.5, 0.6) is 0 Å². The number of benzene rings is 1. The molecule has 0 saturated heterocycles. The Labute approximate surface area is 86.9 Å². The average molecular weight is 196 g/mol. The van der Waals surface area contributed by atoms with Crippen molar-refractivity contribution in [1.29, 1.82) is 0 Å². The summed E-state index contributed by atoms with van der Waals surface area (Å²) < 4.78 is 4.50. The van der Waals surface area contributed by atoms with Gasteiger partial charge in [-0.15, -0.1) is 0 Å². The second-order valence-electron chi connectivity index (χ2n) is 1.86. The molecule has 0 aromatic heterocycles. The zero-order valence-corrected chi connectivity index (χ0v) is 9.70. The van der Waals surface area contributed by atoms with Gasteiger partial charge in [0.2, 0.25) is 0 Å². The second-order valence-corrected chi connectivity index (χ2v) is 1.86. The predicted molar refractivity (Wildman–Crippen MR) is 60.5 cm³/mol. The Balaban J connectivity index is 0. The highest BCUT2D eigenvalue weighted by molar-refractivity contribution is 5.89. The normalized spacial score (nSPS) is 7.21. The molecular formula is C12H20O2. The summed E-state index contributed by atoms with van der Waals surface area (Å²) in [5, 5.41) is 0. The molecule has 2 heteroatoms. The molecule has 0 amide bonds. The van der Waals surface area contributed by atoms with E-state index in [1.807, 2.05) is 33.8 Å². The molecule has 0 aliphatic carbocycles. The molecule has 1 aromatic rings. The highest BCUT2D eigenvalue weighted by Gasteiger charge is 2.00. The van der Waals surface area contributed by atoms with Crippen LogP contribution in [0.3, 0.4) is 0 Å². The average Bonchev–Trinajstić information content (AvgIpc) is 2.34. The van der Waals surface area contributed by atoms with Gasteiger partial charge in [0.05, 0.1) is 12.7 Å². The summed E-state index contributed by atoms with van der Waals surface area (Å²) in [6.07, 6.45) is 0. The quantitative estimate of drug-likeness (QED) is 0.642. The van der Waals surface area contributed by atoms with Crippen LogP contribution in [0.25, 0.3) is 0 Å². The standard InChI is InChI=1S/C8H8O2.2C2H6/c1-10-8(9)7-5-3-2-4-6-7;2*1-2/h2-6H,1H3;2*1-2H3. The Hall–Kier alpha value is -1.31. The van der Waals surface area contributed by atoms with Crippen molar-refractivity contribution in [2.24, 2.45) is 0 Å². The molecule has 0 bridgehead atoms. The van der Waals surface area contributed by atoms with Crippen LogP contribution < -0.4 is 0 Å². The maximum atomic E-state index is 10.8. The van der Waals surface area contributed by atoms with Gasteiger partial charge in [-0.2, -0.15) is 0 Å². The third-order valence-electron chi connectivity index (χ3n) is 1.19. The minimum Gasteiger partial charge on any atom is -0.465 e. The Bertz CT molecular complexity index is 217. The Morgan fingerprint density at radius 1 is 1.00 bits per heavy atom. The van der Waals surface area contributed by atoms with Crippen LogP contribution in [0, 0.1) is 0 Å². The molecule has 80 valence electrons. The van der Waals surface area contributed by atoms with Gasteiger partial charge in [0, 0.05) is 0 Å². The lowest BCUT2D eigenvalue weighted by Gasteiger charge is -1.95. The smallest absolute Gasteiger partial charge is 0.337 e. The number of ether oxygens (including phenoxy) is 1. The van der Waals surface area contributed by atoms with E-state index in [4.69, 9.17) is 0 Å². The van der Waals surface area contributed by atoms with E-state index in [0.717, 1.165) is 0 Å². The number of carbonyl (C=O) groups excluding carboxylic acids is 1. The van der Waals surface area contributed by atoms with E-state index in [1.165, 1.54) is 7.11 Å². The van der Waals surface area contributed by atoms with E-state index in [9.17, 15) is 4.79 Å². The molecule has 0 heterocycles. The molecule has 1 rings (SSSR count). The summed E-state index contributed by atoms with van der Waals surface area (Å²) in [6.45, 7) is 8.00. The summed E-state index contributed by atoms with van der Waals surface area (Å²) in [6, 6.07) is 8.88. The second kappa shape index (κ2) is 11.7. The maximum Gasteiger partial charge on any atom is 0.337 e. The van der Waals surface area contributed by atoms with Crippen molar-refractivity contribution in [2.75, 3.05) is 7.11 Å². The van der Waals surface area contributed by atoms with Crippen molar-refractivity contribution in [1.82, 2.24) is 0 Å². The van der Waals surface area contributed by atoms with Crippen molar-refractivity contribution >= 4 is 5.97 Å². The fourth-order valence-corrected chi connectivity index (χ4v) is 0.692. The lowest BCUT2D eigenvalue weighted by molar-refractivity contribution is 0.0601. The molecule has 0 atom stereocenters. The van der Waals surface area contributed by atoms with Crippen LogP contribution in [0.1, 0.15) is 38.1 Å². The van der Waals surface area contributed by atoms with Crippen molar-refractivity contribution in [3.8, 4) is 0 Å². The minimum atomic E-state index is -0.291. The molecular weight excluding hydrogens is 176 g/mol. The SMILES string of the molecule is CC.CC.COC(=O)c1ccccc1. The minimum absolute atomic E-state index is 0.291. The maximum absolute atomic E-state index is 10.8. The lowest BCUT2D eigenvalue weighted by Crippen LogP contribution is -1.99. The van der Waals surface area contributed by atoms with E-state index < -0.39 is 0 Å². The van der Waals surface area contributed by atoms with E-state index in [1.54, 1.807) is 24.3 Å². The van der Waals surface area contributed by atoms with Crippen molar-refractivity contribution in [3.63, 3.8) is 0 Å². The zero-order chi connectivity index (χ0) is 11.4. The first-order valence-electron chi connectivity index (χ1n) is 4.98. The molecule has 0 spiro atoms. The lowest BCUT2D eigenvalue weighted by atomic mass is 10.2. The molecule has 14 heavy (non-hydrogen) atoms. The van der Waals surface area contributed by atoms with Crippen LogP contribution in [0.15, 0.2) is 30.3 Å². The highest BCUT2D eigenvalue weighted by atomic mass is 16.5. The van der Waals surface area contributed by atoms with Crippen molar-refractivity contribution in [3.05, 3.63) is 35.9 Å². The van der Waals surface area contributed by atoms with Gasteiger partial charge < -0.3 is 4.74 Å². The van der Waals surface area contributed by atoms with Crippen molar-refractivity contribution < 1.29 is 9.53 Å². The van der Waals surface area contributed by atoms with Crippen LogP contribution in [0.2, 0.25) is 0 Å². The van der Waals surface area contributed by atoms with Crippen LogP contribution in [0.4, 0.5) is 0 Å². The summed E-state index contributed by atoms with van der Waals surface area (Å²) in [5.74, 6) is -0.291.